The Morgan fingerprint density at radius 2 is 2.23 bits per heavy atom. The SMILES string of the molecule is CCNCC1CCN(S(C)(=O)=O)C1. The Bertz CT molecular complexity index is 251. The smallest absolute Gasteiger partial charge is 0.211 e. The van der Waals surface area contributed by atoms with Gasteiger partial charge in [-0.15, -0.1) is 0 Å². The van der Waals surface area contributed by atoms with Crippen LogP contribution in [0.4, 0.5) is 0 Å². The van der Waals surface area contributed by atoms with Crippen LogP contribution < -0.4 is 5.32 Å². The lowest BCUT2D eigenvalue weighted by molar-refractivity contribution is 0.451. The molecule has 1 aliphatic rings. The van der Waals surface area contributed by atoms with Crippen molar-refractivity contribution >= 4 is 10.0 Å². The number of nitrogens with zero attached hydrogens (tertiary/aromatic N) is 1. The van der Waals surface area contributed by atoms with E-state index in [9.17, 15) is 8.42 Å². The molecule has 1 aliphatic heterocycles. The zero-order valence-corrected chi connectivity index (χ0v) is 9.10. The van der Waals surface area contributed by atoms with Crippen molar-refractivity contribution in [2.24, 2.45) is 5.92 Å². The van der Waals surface area contributed by atoms with Crippen molar-refractivity contribution in [2.75, 3.05) is 32.4 Å². The summed E-state index contributed by atoms with van der Waals surface area (Å²) in [6.07, 6.45) is 2.27. The molecule has 0 aromatic rings. The molecule has 1 saturated heterocycles. The molecule has 1 heterocycles. The summed E-state index contributed by atoms with van der Waals surface area (Å²) in [4.78, 5) is 0. The molecule has 0 bridgehead atoms. The molecule has 0 aromatic heterocycles. The van der Waals surface area contributed by atoms with E-state index in [0.29, 0.717) is 19.0 Å². The van der Waals surface area contributed by atoms with E-state index in [1.165, 1.54) is 6.26 Å². The van der Waals surface area contributed by atoms with Crippen LogP contribution in [0.1, 0.15) is 13.3 Å². The molecule has 0 radical (unpaired) electrons. The van der Waals surface area contributed by atoms with Crippen molar-refractivity contribution in [1.82, 2.24) is 9.62 Å². The summed E-state index contributed by atoms with van der Waals surface area (Å²) in [7, 11) is -2.95. The Kier molecular flexibility index (Phi) is 3.70. The summed E-state index contributed by atoms with van der Waals surface area (Å²) in [5.74, 6) is 0.495. The predicted octanol–water partition coefficient (Wildman–Crippen LogP) is -0.123. The molecule has 1 rings (SSSR count). The Balaban J connectivity index is 2.37. The summed E-state index contributed by atoms with van der Waals surface area (Å²) in [5, 5.41) is 3.24. The first-order valence-corrected chi connectivity index (χ1v) is 6.54. The second kappa shape index (κ2) is 4.39. The number of hydrogen-bond donors (Lipinski definition) is 1. The molecule has 0 saturated carbocycles. The van der Waals surface area contributed by atoms with Crippen LogP contribution in [0.5, 0.6) is 0 Å². The number of hydrogen-bond acceptors (Lipinski definition) is 3. The van der Waals surface area contributed by atoms with E-state index in [2.05, 4.69) is 12.2 Å². The van der Waals surface area contributed by atoms with Gasteiger partial charge in [0, 0.05) is 13.1 Å². The lowest BCUT2D eigenvalue weighted by atomic mass is 10.1. The monoisotopic (exact) mass is 206 g/mol. The van der Waals surface area contributed by atoms with Crippen molar-refractivity contribution < 1.29 is 8.42 Å². The van der Waals surface area contributed by atoms with Crippen LogP contribution >= 0.6 is 0 Å². The van der Waals surface area contributed by atoms with Crippen LogP contribution in [0, 0.1) is 5.92 Å². The third-order valence-electron chi connectivity index (χ3n) is 2.40. The molecule has 1 atom stereocenters. The van der Waals surface area contributed by atoms with E-state index in [1.54, 1.807) is 4.31 Å². The van der Waals surface area contributed by atoms with Crippen molar-refractivity contribution in [3.63, 3.8) is 0 Å². The minimum Gasteiger partial charge on any atom is -0.317 e. The van der Waals surface area contributed by atoms with E-state index >= 15 is 0 Å². The van der Waals surface area contributed by atoms with Crippen LogP contribution in [0.25, 0.3) is 0 Å². The molecule has 0 spiro atoms. The highest BCUT2D eigenvalue weighted by atomic mass is 32.2. The van der Waals surface area contributed by atoms with Crippen molar-refractivity contribution in [1.29, 1.82) is 0 Å². The molecule has 78 valence electrons. The normalized spacial score (nSPS) is 25.2. The van der Waals surface area contributed by atoms with Crippen LogP contribution in [-0.2, 0) is 10.0 Å². The average Bonchev–Trinajstić information content (AvgIpc) is 2.47. The van der Waals surface area contributed by atoms with Crippen molar-refractivity contribution in [3.05, 3.63) is 0 Å². The topological polar surface area (TPSA) is 49.4 Å². The molecule has 5 heteroatoms. The second-order valence-electron chi connectivity index (χ2n) is 3.58. The summed E-state index contributed by atoms with van der Waals surface area (Å²) in [5.41, 5.74) is 0. The first-order valence-electron chi connectivity index (χ1n) is 4.70. The van der Waals surface area contributed by atoms with E-state index in [-0.39, 0.29) is 0 Å². The fourth-order valence-corrected chi connectivity index (χ4v) is 2.53. The summed E-state index contributed by atoms with van der Waals surface area (Å²) in [6, 6.07) is 0. The highest BCUT2D eigenvalue weighted by Crippen LogP contribution is 2.17. The van der Waals surface area contributed by atoms with Gasteiger partial charge in [0.25, 0.3) is 0 Å². The van der Waals surface area contributed by atoms with Crippen molar-refractivity contribution in [2.45, 2.75) is 13.3 Å². The van der Waals surface area contributed by atoms with Crippen LogP contribution in [-0.4, -0.2) is 45.2 Å². The first kappa shape index (κ1) is 10.9. The van der Waals surface area contributed by atoms with Gasteiger partial charge in [0.15, 0.2) is 0 Å². The minimum atomic E-state index is -2.95. The quantitative estimate of drug-likeness (QED) is 0.697. The highest BCUT2D eigenvalue weighted by molar-refractivity contribution is 7.88. The molecule has 0 aliphatic carbocycles. The third kappa shape index (κ3) is 3.25. The first-order chi connectivity index (χ1) is 6.04. The second-order valence-corrected chi connectivity index (χ2v) is 5.57. The zero-order valence-electron chi connectivity index (χ0n) is 8.28. The van der Waals surface area contributed by atoms with Gasteiger partial charge in [0.1, 0.15) is 0 Å². The van der Waals surface area contributed by atoms with Crippen LogP contribution in [0.2, 0.25) is 0 Å². The Morgan fingerprint density at radius 1 is 1.54 bits per heavy atom. The molecule has 1 unspecified atom stereocenters. The zero-order chi connectivity index (χ0) is 9.90. The van der Waals surface area contributed by atoms with Gasteiger partial charge in [-0.25, -0.2) is 12.7 Å². The third-order valence-corrected chi connectivity index (χ3v) is 3.67. The lowest BCUT2D eigenvalue weighted by Crippen LogP contribution is -2.30. The number of nitrogens with one attached hydrogen (secondary N) is 1. The average molecular weight is 206 g/mol. The molecule has 4 nitrogen and oxygen atoms in total. The summed E-state index contributed by atoms with van der Waals surface area (Å²) in [6.45, 7) is 5.32. The van der Waals surface area contributed by atoms with E-state index in [4.69, 9.17) is 0 Å². The number of rotatable bonds is 4. The van der Waals surface area contributed by atoms with E-state index < -0.39 is 10.0 Å². The standard InChI is InChI=1S/C8H18N2O2S/c1-3-9-6-8-4-5-10(7-8)13(2,11)12/h8-9H,3-7H2,1-2H3. The summed E-state index contributed by atoms with van der Waals surface area (Å²) < 4.78 is 23.9. The highest BCUT2D eigenvalue weighted by Gasteiger charge is 2.27. The maximum atomic E-state index is 11.2. The van der Waals surface area contributed by atoms with E-state index in [0.717, 1.165) is 19.5 Å². The van der Waals surface area contributed by atoms with Gasteiger partial charge in [0.2, 0.25) is 10.0 Å². The maximum absolute atomic E-state index is 11.2. The molecule has 0 amide bonds. The molecule has 13 heavy (non-hydrogen) atoms. The van der Waals surface area contributed by atoms with Gasteiger partial charge >= 0.3 is 0 Å². The van der Waals surface area contributed by atoms with Crippen LogP contribution in [0.3, 0.4) is 0 Å². The molecular weight excluding hydrogens is 188 g/mol. The Hall–Kier alpha value is -0.130. The predicted molar refractivity (Wildman–Crippen MR) is 53.1 cm³/mol. The van der Waals surface area contributed by atoms with Gasteiger partial charge in [-0.2, -0.15) is 0 Å². The largest absolute Gasteiger partial charge is 0.317 e. The maximum Gasteiger partial charge on any atom is 0.211 e. The fourth-order valence-electron chi connectivity index (χ4n) is 1.61. The van der Waals surface area contributed by atoms with Gasteiger partial charge in [-0.3, -0.25) is 0 Å². The molecule has 1 fully saturated rings. The Morgan fingerprint density at radius 3 is 2.69 bits per heavy atom. The van der Waals surface area contributed by atoms with Gasteiger partial charge in [-0.1, -0.05) is 6.92 Å². The number of sulfonamides is 1. The molecule has 0 aromatic carbocycles. The molecule has 1 N–H and O–H groups in total. The fraction of sp³-hybridized carbons (Fsp3) is 1.00. The minimum absolute atomic E-state index is 0.495. The van der Waals surface area contributed by atoms with Gasteiger partial charge < -0.3 is 5.32 Å². The lowest BCUT2D eigenvalue weighted by Gasteiger charge is -2.13. The van der Waals surface area contributed by atoms with Gasteiger partial charge in [-0.05, 0) is 25.4 Å². The van der Waals surface area contributed by atoms with Gasteiger partial charge in [0.05, 0.1) is 6.26 Å². The van der Waals surface area contributed by atoms with E-state index in [1.807, 2.05) is 0 Å². The molecular formula is C8H18N2O2S. The van der Waals surface area contributed by atoms with Crippen LogP contribution in [0.15, 0.2) is 0 Å². The van der Waals surface area contributed by atoms with Crippen molar-refractivity contribution in [3.8, 4) is 0 Å². The Labute approximate surface area is 80.4 Å². The summed E-state index contributed by atoms with van der Waals surface area (Å²) >= 11 is 0.